The molecule has 2 atom stereocenters. The van der Waals surface area contributed by atoms with Crippen molar-refractivity contribution in [1.29, 1.82) is 0 Å². The second-order valence-electron chi connectivity index (χ2n) is 10.1. The summed E-state index contributed by atoms with van der Waals surface area (Å²) in [5.41, 5.74) is 0. The Kier molecular flexibility index (Phi) is 7.86. The standard InChI is InChI=1S/C24H40N6S/c1-18-14-19(2)17-30(16-18)22-15-21(29-12-8-3-4-9-13-29)26-23(27-22)28-24(31)25-20-10-6-5-7-11-20/h15,18-20H,3-14,16-17H2,1-2H3,(H2,25,26,27,28,31)/t18-,19-/m0/s1. The summed E-state index contributed by atoms with van der Waals surface area (Å²) in [6.45, 7) is 8.97. The molecule has 1 aliphatic carbocycles. The van der Waals surface area contributed by atoms with E-state index in [-0.39, 0.29) is 0 Å². The number of nitrogens with zero attached hydrogens (tertiary/aromatic N) is 4. The SMILES string of the molecule is C[C@H]1C[C@H](C)CN(c2cc(N3CCCCCC3)nc(NC(=S)NC3CCCCC3)n2)C1. The summed E-state index contributed by atoms with van der Waals surface area (Å²) in [5.74, 6) is 4.09. The van der Waals surface area contributed by atoms with Gasteiger partial charge in [0, 0.05) is 38.3 Å². The van der Waals surface area contributed by atoms with Gasteiger partial charge in [-0.1, -0.05) is 46.0 Å². The van der Waals surface area contributed by atoms with Crippen molar-refractivity contribution in [2.24, 2.45) is 11.8 Å². The highest BCUT2D eigenvalue weighted by Crippen LogP contribution is 2.29. The Hall–Kier alpha value is -1.63. The molecule has 2 N–H and O–H groups in total. The Balaban J connectivity index is 1.53. The summed E-state index contributed by atoms with van der Waals surface area (Å²) in [5, 5.41) is 7.49. The van der Waals surface area contributed by atoms with Crippen molar-refractivity contribution in [1.82, 2.24) is 15.3 Å². The Morgan fingerprint density at radius 3 is 2.10 bits per heavy atom. The molecule has 0 aromatic carbocycles. The number of nitrogens with one attached hydrogen (secondary N) is 2. The molecular weight excluding hydrogens is 404 g/mol. The fourth-order valence-electron chi connectivity index (χ4n) is 5.52. The molecule has 1 aromatic heterocycles. The molecule has 31 heavy (non-hydrogen) atoms. The molecular formula is C24H40N6S. The van der Waals surface area contributed by atoms with Crippen LogP contribution in [0, 0.1) is 11.8 Å². The lowest BCUT2D eigenvalue weighted by atomic mass is 9.92. The van der Waals surface area contributed by atoms with Gasteiger partial charge < -0.3 is 20.4 Å². The normalized spacial score (nSPS) is 25.7. The van der Waals surface area contributed by atoms with E-state index in [0.717, 1.165) is 37.8 Å². The van der Waals surface area contributed by atoms with E-state index in [4.69, 9.17) is 22.2 Å². The predicted octanol–water partition coefficient (Wildman–Crippen LogP) is 4.96. The minimum Gasteiger partial charge on any atom is -0.360 e. The first-order valence-corrected chi connectivity index (χ1v) is 12.9. The van der Waals surface area contributed by atoms with Crippen LogP contribution in [-0.2, 0) is 0 Å². The van der Waals surface area contributed by atoms with Crippen LogP contribution in [0.1, 0.15) is 78.1 Å². The molecule has 0 unspecified atom stereocenters. The third kappa shape index (κ3) is 6.43. The van der Waals surface area contributed by atoms with Crippen LogP contribution in [-0.4, -0.2) is 47.3 Å². The summed E-state index contributed by atoms with van der Waals surface area (Å²) < 4.78 is 0. The third-order valence-corrected chi connectivity index (χ3v) is 7.21. The second-order valence-corrected chi connectivity index (χ2v) is 10.5. The van der Waals surface area contributed by atoms with Gasteiger partial charge in [0.25, 0.3) is 0 Å². The lowest BCUT2D eigenvalue weighted by Gasteiger charge is -2.36. The largest absolute Gasteiger partial charge is 0.360 e. The van der Waals surface area contributed by atoms with Gasteiger partial charge in [-0.05, 0) is 56.2 Å². The van der Waals surface area contributed by atoms with Crippen LogP contribution in [0.25, 0.3) is 0 Å². The number of aromatic nitrogens is 2. The molecule has 0 radical (unpaired) electrons. The molecule has 7 heteroatoms. The van der Waals surface area contributed by atoms with Crippen molar-refractivity contribution in [3.63, 3.8) is 0 Å². The Morgan fingerprint density at radius 2 is 1.45 bits per heavy atom. The molecule has 0 bridgehead atoms. The van der Waals surface area contributed by atoms with Gasteiger partial charge in [-0.25, -0.2) is 0 Å². The summed E-state index contributed by atoms with van der Waals surface area (Å²) in [4.78, 5) is 14.7. The van der Waals surface area contributed by atoms with Crippen LogP contribution in [0.4, 0.5) is 17.6 Å². The van der Waals surface area contributed by atoms with Crippen LogP contribution in [0.3, 0.4) is 0 Å². The first-order valence-electron chi connectivity index (χ1n) is 12.5. The zero-order valence-electron chi connectivity index (χ0n) is 19.4. The molecule has 3 fully saturated rings. The maximum absolute atomic E-state index is 5.65. The van der Waals surface area contributed by atoms with Crippen LogP contribution in [0.2, 0.25) is 0 Å². The van der Waals surface area contributed by atoms with Crippen molar-refractivity contribution in [3.05, 3.63) is 6.07 Å². The molecule has 2 aliphatic heterocycles. The molecule has 1 saturated carbocycles. The summed E-state index contributed by atoms with van der Waals surface area (Å²) in [6.07, 6.45) is 12.7. The maximum Gasteiger partial charge on any atom is 0.232 e. The van der Waals surface area contributed by atoms with Crippen molar-refractivity contribution in [2.45, 2.75) is 84.1 Å². The molecule has 0 amide bonds. The molecule has 6 nitrogen and oxygen atoms in total. The average Bonchev–Trinajstić information content (AvgIpc) is 3.03. The molecule has 2 saturated heterocycles. The number of piperidine rings is 1. The quantitative estimate of drug-likeness (QED) is 0.637. The summed E-state index contributed by atoms with van der Waals surface area (Å²) in [7, 11) is 0. The van der Waals surface area contributed by atoms with Crippen molar-refractivity contribution < 1.29 is 0 Å². The van der Waals surface area contributed by atoms with Gasteiger partial charge in [0.2, 0.25) is 5.95 Å². The lowest BCUT2D eigenvalue weighted by Crippen LogP contribution is -2.40. The Bertz CT molecular complexity index is 717. The Labute approximate surface area is 193 Å². The van der Waals surface area contributed by atoms with Gasteiger partial charge in [0.15, 0.2) is 5.11 Å². The monoisotopic (exact) mass is 444 g/mol. The van der Waals surface area contributed by atoms with Crippen LogP contribution in [0.15, 0.2) is 6.07 Å². The van der Waals surface area contributed by atoms with E-state index in [1.165, 1.54) is 64.2 Å². The van der Waals surface area contributed by atoms with Gasteiger partial charge in [-0.2, -0.15) is 9.97 Å². The van der Waals surface area contributed by atoms with E-state index in [1.54, 1.807) is 0 Å². The zero-order chi connectivity index (χ0) is 21.6. The Morgan fingerprint density at radius 1 is 0.871 bits per heavy atom. The molecule has 172 valence electrons. The zero-order valence-corrected chi connectivity index (χ0v) is 20.2. The van der Waals surface area contributed by atoms with Gasteiger partial charge >= 0.3 is 0 Å². The fraction of sp³-hybridized carbons (Fsp3) is 0.792. The van der Waals surface area contributed by atoms with E-state index in [1.807, 2.05) is 0 Å². The molecule has 4 rings (SSSR count). The minimum atomic E-state index is 0.478. The van der Waals surface area contributed by atoms with Gasteiger partial charge in [-0.3, -0.25) is 0 Å². The van der Waals surface area contributed by atoms with Gasteiger partial charge in [-0.15, -0.1) is 0 Å². The van der Waals surface area contributed by atoms with E-state index in [2.05, 4.69) is 40.3 Å². The first kappa shape index (κ1) is 22.6. The summed E-state index contributed by atoms with van der Waals surface area (Å²) in [6, 6.07) is 2.68. The predicted molar refractivity (Wildman–Crippen MR) is 134 cm³/mol. The van der Waals surface area contributed by atoms with Crippen LogP contribution in [0.5, 0.6) is 0 Å². The second kappa shape index (κ2) is 10.8. The fourth-order valence-corrected chi connectivity index (χ4v) is 5.78. The summed E-state index contributed by atoms with van der Waals surface area (Å²) >= 11 is 5.65. The smallest absolute Gasteiger partial charge is 0.232 e. The molecule has 3 aliphatic rings. The highest BCUT2D eigenvalue weighted by molar-refractivity contribution is 7.80. The topological polar surface area (TPSA) is 56.3 Å². The van der Waals surface area contributed by atoms with Gasteiger partial charge in [0.1, 0.15) is 11.6 Å². The van der Waals surface area contributed by atoms with E-state index in [0.29, 0.717) is 28.9 Å². The number of hydrogen-bond donors (Lipinski definition) is 2. The number of hydrogen-bond acceptors (Lipinski definition) is 5. The van der Waals surface area contributed by atoms with Crippen molar-refractivity contribution in [2.75, 3.05) is 41.3 Å². The third-order valence-electron chi connectivity index (χ3n) is 6.99. The number of anilines is 3. The van der Waals surface area contributed by atoms with E-state index >= 15 is 0 Å². The van der Waals surface area contributed by atoms with Gasteiger partial charge in [0.05, 0.1) is 0 Å². The number of thiocarbonyl (C=S) groups is 1. The molecule has 3 heterocycles. The van der Waals surface area contributed by atoms with Crippen LogP contribution < -0.4 is 20.4 Å². The molecule has 1 aromatic rings. The van der Waals surface area contributed by atoms with Crippen LogP contribution >= 0.6 is 12.2 Å². The van der Waals surface area contributed by atoms with E-state index in [9.17, 15) is 0 Å². The lowest BCUT2D eigenvalue weighted by molar-refractivity contribution is 0.355. The van der Waals surface area contributed by atoms with Crippen molar-refractivity contribution >= 4 is 34.9 Å². The number of rotatable bonds is 4. The average molecular weight is 445 g/mol. The minimum absolute atomic E-state index is 0.478. The van der Waals surface area contributed by atoms with E-state index < -0.39 is 0 Å². The first-order chi connectivity index (χ1) is 15.1. The highest BCUT2D eigenvalue weighted by atomic mass is 32.1. The highest BCUT2D eigenvalue weighted by Gasteiger charge is 2.25. The maximum atomic E-state index is 5.65. The van der Waals surface area contributed by atoms with Crippen molar-refractivity contribution in [3.8, 4) is 0 Å². The molecule has 0 spiro atoms.